The van der Waals surface area contributed by atoms with Gasteiger partial charge in [0.05, 0.1) is 6.61 Å². The van der Waals surface area contributed by atoms with Crippen LogP contribution >= 0.6 is 0 Å². The highest BCUT2D eigenvalue weighted by atomic mass is 16.5. The normalized spacial score (nSPS) is 22.5. The highest BCUT2D eigenvalue weighted by molar-refractivity contribution is 5.81. The Morgan fingerprint density at radius 3 is 2.47 bits per heavy atom. The smallest absolute Gasteiger partial charge is 0.241 e. The van der Waals surface area contributed by atoms with Gasteiger partial charge in [-0.3, -0.25) is 4.79 Å². The van der Waals surface area contributed by atoms with Crippen molar-refractivity contribution < 1.29 is 9.53 Å². The lowest BCUT2D eigenvalue weighted by atomic mass is 9.82. The van der Waals surface area contributed by atoms with Gasteiger partial charge < -0.3 is 15.4 Å². The van der Waals surface area contributed by atoms with Gasteiger partial charge in [0.25, 0.3) is 0 Å². The molecule has 88 valence electrons. The summed E-state index contributed by atoms with van der Waals surface area (Å²) < 4.78 is 4.88. The van der Waals surface area contributed by atoms with E-state index in [0.29, 0.717) is 12.0 Å². The second-order valence-corrected chi connectivity index (χ2v) is 5.05. The Morgan fingerprint density at radius 1 is 1.47 bits per heavy atom. The van der Waals surface area contributed by atoms with Crippen LogP contribution in [0.3, 0.4) is 0 Å². The fourth-order valence-corrected chi connectivity index (χ4v) is 1.82. The molecule has 1 unspecified atom stereocenters. The number of carbonyl (C=O) groups is 1. The SMILES string of the molecule is COCC(N)C(=O)N1CCC(C)(C)CC1. The Hall–Kier alpha value is -0.610. The number of piperidine rings is 1. The van der Waals surface area contributed by atoms with Gasteiger partial charge >= 0.3 is 0 Å². The molecule has 0 saturated carbocycles. The zero-order valence-corrected chi connectivity index (χ0v) is 9.95. The molecule has 1 aliphatic rings. The van der Waals surface area contributed by atoms with Crippen molar-refractivity contribution in [2.45, 2.75) is 32.7 Å². The van der Waals surface area contributed by atoms with Gasteiger partial charge in [-0.1, -0.05) is 13.8 Å². The molecule has 4 nitrogen and oxygen atoms in total. The molecule has 1 fully saturated rings. The van der Waals surface area contributed by atoms with Crippen LogP contribution in [0.25, 0.3) is 0 Å². The zero-order valence-electron chi connectivity index (χ0n) is 9.95. The molecule has 0 spiro atoms. The molecule has 2 N–H and O–H groups in total. The molecule has 1 atom stereocenters. The molecular formula is C11H22N2O2. The van der Waals surface area contributed by atoms with Gasteiger partial charge in [-0.05, 0) is 18.3 Å². The van der Waals surface area contributed by atoms with Crippen LogP contribution in [0.2, 0.25) is 0 Å². The number of likely N-dealkylation sites (tertiary alicyclic amines) is 1. The maximum atomic E-state index is 11.8. The molecule has 0 bridgehead atoms. The van der Waals surface area contributed by atoms with E-state index in [9.17, 15) is 4.79 Å². The number of hydrogen-bond donors (Lipinski definition) is 1. The largest absolute Gasteiger partial charge is 0.383 e. The molecule has 1 saturated heterocycles. The maximum absolute atomic E-state index is 11.8. The maximum Gasteiger partial charge on any atom is 0.241 e. The van der Waals surface area contributed by atoms with Crippen molar-refractivity contribution in [3.8, 4) is 0 Å². The second kappa shape index (κ2) is 4.94. The number of nitrogens with zero attached hydrogens (tertiary/aromatic N) is 1. The van der Waals surface area contributed by atoms with Crippen molar-refractivity contribution in [2.75, 3.05) is 26.8 Å². The number of ether oxygens (including phenoxy) is 1. The van der Waals surface area contributed by atoms with Crippen molar-refractivity contribution in [1.82, 2.24) is 4.90 Å². The van der Waals surface area contributed by atoms with Crippen LogP contribution in [-0.2, 0) is 9.53 Å². The summed E-state index contributed by atoms with van der Waals surface area (Å²) in [6.07, 6.45) is 2.11. The number of carbonyl (C=O) groups excluding carboxylic acids is 1. The van der Waals surface area contributed by atoms with Gasteiger partial charge in [0.2, 0.25) is 5.91 Å². The summed E-state index contributed by atoms with van der Waals surface area (Å²) in [7, 11) is 1.56. The van der Waals surface area contributed by atoms with Crippen LogP contribution in [0.5, 0.6) is 0 Å². The summed E-state index contributed by atoms with van der Waals surface area (Å²) in [5.74, 6) is 0.0207. The van der Waals surface area contributed by atoms with Crippen LogP contribution in [0.15, 0.2) is 0 Å². The zero-order chi connectivity index (χ0) is 11.5. The molecule has 0 aromatic rings. The topological polar surface area (TPSA) is 55.6 Å². The first-order valence-electron chi connectivity index (χ1n) is 5.49. The van der Waals surface area contributed by atoms with E-state index in [-0.39, 0.29) is 5.91 Å². The van der Waals surface area contributed by atoms with Crippen LogP contribution < -0.4 is 5.73 Å². The molecular weight excluding hydrogens is 192 g/mol. The molecule has 0 aromatic carbocycles. The van der Waals surface area contributed by atoms with Crippen LogP contribution in [-0.4, -0.2) is 43.7 Å². The Labute approximate surface area is 91.8 Å². The molecule has 0 aromatic heterocycles. The Morgan fingerprint density at radius 2 is 2.00 bits per heavy atom. The summed E-state index contributed by atoms with van der Waals surface area (Å²) in [5, 5.41) is 0. The third-order valence-electron chi connectivity index (χ3n) is 3.09. The summed E-state index contributed by atoms with van der Waals surface area (Å²) >= 11 is 0. The lowest BCUT2D eigenvalue weighted by Crippen LogP contribution is -2.50. The van der Waals surface area contributed by atoms with Crippen molar-refractivity contribution >= 4 is 5.91 Å². The lowest BCUT2D eigenvalue weighted by molar-refractivity contribution is -0.135. The highest BCUT2D eigenvalue weighted by Crippen LogP contribution is 2.29. The first-order chi connectivity index (χ1) is 6.96. The van der Waals surface area contributed by atoms with E-state index in [1.807, 2.05) is 4.90 Å². The average molecular weight is 214 g/mol. The van der Waals surface area contributed by atoms with Gasteiger partial charge in [-0.15, -0.1) is 0 Å². The van der Waals surface area contributed by atoms with Gasteiger partial charge in [-0.25, -0.2) is 0 Å². The van der Waals surface area contributed by atoms with Gasteiger partial charge in [0, 0.05) is 20.2 Å². The predicted molar refractivity (Wildman–Crippen MR) is 59.4 cm³/mol. The van der Waals surface area contributed by atoms with Crippen molar-refractivity contribution in [1.29, 1.82) is 0 Å². The Kier molecular flexibility index (Phi) is 4.11. The molecule has 0 radical (unpaired) electrons. The number of amides is 1. The first kappa shape index (κ1) is 12.5. The molecule has 1 rings (SSSR count). The minimum absolute atomic E-state index is 0.0207. The number of rotatable bonds is 3. The third-order valence-corrected chi connectivity index (χ3v) is 3.09. The van der Waals surface area contributed by atoms with Crippen molar-refractivity contribution in [3.63, 3.8) is 0 Å². The monoisotopic (exact) mass is 214 g/mol. The summed E-state index contributed by atoms with van der Waals surface area (Å²) in [5.41, 5.74) is 6.07. The van der Waals surface area contributed by atoms with E-state index in [2.05, 4.69) is 13.8 Å². The molecule has 4 heteroatoms. The molecule has 1 heterocycles. The average Bonchev–Trinajstić information content (AvgIpc) is 2.17. The molecule has 1 amide bonds. The fraction of sp³-hybridized carbons (Fsp3) is 0.909. The van der Waals surface area contributed by atoms with Crippen LogP contribution in [0.4, 0.5) is 0 Å². The quantitative estimate of drug-likeness (QED) is 0.749. The molecule has 0 aliphatic carbocycles. The minimum Gasteiger partial charge on any atom is -0.383 e. The standard InChI is InChI=1S/C11H22N2O2/c1-11(2)4-6-13(7-5-11)10(14)9(12)8-15-3/h9H,4-8,12H2,1-3H3. The van der Waals surface area contributed by atoms with Crippen LogP contribution in [0.1, 0.15) is 26.7 Å². The number of nitrogens with two attached hydrogens (primary N) is 1. The lowest BCUT2D eigenvalue weighted by Gasteiger charge is -2.37. The second-order valence-electron chi connectivity index (χ2n) is 5.05. The van der Waals surface area contributed by atoms with Gasteiger partial charge in [0.15, 0.2) is 0 Å². The fourth-order valence-electron chi connectivity index (χ4n) is 1.82. The summed E-state index contributed by atoms with van der Waals surface area (Å²) in [4.78, 5) is 13.7. The van der Waals surface area contributed by atoms with E-state index in [0.717, 1.165) is 25.9 Å². The van der Waals surface area contributed by atoms with Gasteiger partial charge in [-0.2, -0.15) is 0 Å². The van der Waals surface area contributed by atoms with E-state index >= 15 is 0 Å². The minimum atomic E-state index is -0.504. The van der Waals surface area contributed by atoms with E-state index in [4.69, 9.17) is 10.5 Å². The summed E-state index contributed by atoms with van der Waals surface area (Å²) in [6, 6.07) is -0.504. The predicted octanol–water partition coefficient (Wildman–Crippen LogP) is 0.609. The van der Waals surface area contributed by atoms with E-state index < -0.39 is 6.04 Å². The first-order valence-corrected chi connectivity index (χ1v) is 5.49. The van der Waals surface area contributed by atoms with E-state index in [1.54, 1.807) is 7.11 Å². The van der Waals surface area contributed by atoms with Crippen molar-refractivity contribution in [2.24, 2.45) is 11.1 Å². The number of hydrogen-bond acceptors (Lipinski definition) is 3. The van der Waals surface area contributed by atoms with Crippen LogP contribution in [0, 0.1) is 5.41 Å². The third kappa shape index (κ3) is 3.47. The van der Waals surface area contributed by atoms with Crippen molar-refractivity contribution in [3.05, 3.63) is 0 Å². The molecule has 1 aliphatic heterocycles. The van der Waals surface area contributed by atoms with Gasteiger partial charge in [0.1, 0.15) is 6.04 Å². The Balaban J connectivity index is 2.42. The number of methoxy groups -OCH3 is 1. The highest BCUT2D eigenvalue weighted by Gasteiger charge is 2.29. The van der Waals surface area contributed by atoms with E-state index in [1.165, 1.54) is 0 Å². The Bertz CT molecular complexity index is 219. The molecule has 15 heavy (non-hydrogen) atoms. The summed E-state index contributed by atoms with van der Waals surface area (Å²) in [6.45, 7) is 6.43.